The van der Waals surface area contributed by atoms with Crippen LogP contribution in [0.1, 0.15) is 13.8 Å². The predicted molar refractivity (Wildman–Crippen MR) is 40.5 cm³/mol. The molecule has 1 rings (SSSR count). The molecule has 0 radical (unpaired) electrons. The minimum Gasteiger partial charge on any atom is -0.286 e. The van der Waals surface area contributed by atoms with Gasteiger partial charge in [-0.2, -0.15) is 0 Å². The minimum absolute atomic E-state index is 0.0354. The molecule has 3 heteroatoms. The van der Waals surface area contributed by atoms with Gasteiger partial charge in [0.05, 0.1) is 17.8 Å². The van der Waals surface area contributed by atoms with Crippen molar-refractivity contribution in [3.05, 3.63) is 0 Å². The Morgan fingerprint density at radius 1 is 1.70 bits per heavy atom. The first kappa shape index (κ1) is 7.77. The maximum Gasteiger partial charge on any atom is 0.157 e. The van der Waals surface area contributed by atoms with Crippen LogP contribution in [0.4, 0.5) is 0 Å². The molecule has 0 aromatic rings. The van der Waals surface area contributed by atoms with Gasteiger partial charge in [0.15, 0.2) is 11.1 Å². The van der Waals surface area contributed by atoms with E-state index in [-0.39, 0.29) is 12.0 Å². The number of hydrogen-bond donors (Lipinski definition) is 0. The van der Waals surface area contributed by atoms with Crippen molar-refractivity contribution in [3.63, 3.8) is 0 Å². The molecule has 1 fully saturated rings. The van der Waals surface area contributed by atoms with Crippen LogP contribution in [0.5, 0.6) is 0 Å². The standard InChI is InChI=1S/C7H10O2S/c1-3-4-7-5-10(8)9-6(7)2/h6-7H,5H2,1-2H3. The van der Waals surface area contributed by atoms with E-state index >= 15 is 0 Å². The highest BCUT2D eigenvalue weighted by Crippen LogP contribution is 2.18. The van der Waals surface area contributed by atoms with Crippen LogP contribution in [0.2, 0.25) is 0 Å². The average molecular weight is 158 g/mol. The molecule has 0 spiro atoms. The van der Waals surface area contributed by atoms with Gasteiger partial charge >= 0.3 is 0 Å². The van der Waals surface area contributed by atoms with Crippen molar-refractivity contribution in [1.82, 2.24) is 0 Å². The molecule has 0 aliphatic carbocycles. The summed E-state index contributed by atoms with van der Waals surface area (Å²) in [7, 11) is 0. The molecule has 0 N–H and O–H groups in total. The molecule has 0 aromatic carbocycles. The molecule has 0 saturated carbocycles. The molecule has 3 atom stereocenters. The van der Waals surface area contributed by atoms with Crippen LogP contribution >= 0.6 is 0 Å². The van der Waals surface area contributed by atoms with Crippen molar-refractivity contribution in [1.29, 1.82) is 0 Å². The van der Waals surface area contributed by atoms with Gasteiger partial charge in [-0.05, 0) is 13.8 Å². The molecule has 1 aliphatic heterocycles. The van der Waals surface area contributed by atoms with E-state index in [2.05, 4.69) is 11.8 Å². The van der Waals surface area contributed by atoms with Crippen LogP contribution in [0, 0.1) is 17.8 Å². The lowest BCUT2D eigenvalue weighted by Gasteiger charge is -2.01. The first-order valence-corrected chi connectivity index (χ1v) is 4.46. The average Bonchev–Trinajstić information content (AvgIpc) is 2.13. The molecule has 0 aromatic heterocycles. The van der Waals surface area contributed by atoms with Gasteiger partial charge in [0.25, 0.3) is 0 Å². The summed E-state index contributed by atoms with van der Waals surface area (Å²) in [5.41, 5.74) is 0. The molecular weight excluding hydrogens is 148 g/mol. The zero-order valence-corrected chi connectivity index (χ0v) is 6.90. The monoisotopic (exact) mass is 158 g/mol. The van der Waals surface area contributed by atoms with Crippen LogP contribution in [0.25, 0.3) is 0 Å². The largest absolute Gasteiger partial charge is 0.286 e. The highest BCUT2D eigenvalue weighted by molar-refractivity contribution is 7.80. The van der Waals surface area contributed by atoms with Gasteiger partial charge in [-0.15, -0.1) is 5.92 Å². The molecule has 3 unspecified atom stereocenters. The Morgan fingerprint density at radius 3 is 2.80 bits per heavy atom. The Labute approximate surface area is 63.6 Å². The third-order valence-electron chi connectivity index (χ3n) is 1.47. The Bertz CT molecular complexity index is 201. The third-order valence-corrected chi connectivity index (χ3v) is 2.62. The Kier molecular flexibility index (Phi) is 2.47. The summed E-state index contributed by atoms with van der Waals surface area (Å²) >= 11 is -1.09. The van der Waals surface area contributed by atoms with Crippen molar-refractivity contribution in [2.24, 2.45) is 5.92 Å². The Hall–Kier alpha value is -0.330. The topological polar surface area (TPSA) is 26.3 Å². The molecule has 1 aliphatic rings. The van der Waals surface area contributed by atoms with Crippen molar-refractivity contribution in [2.45, 2.75) is 20.0 Å². The zero-order valence-electron chi connectivity index (χ0n) is 6.09. The summed E-state index contributed by atoms with van der Waals surface area (Å²) in [6.45, 7) is 3.69. The Balaban J connectivity index is 2.60. The molecule has 2 nitrogen and oxygen atoms in total. The zero-order chi connectivity index (χ0) is 7.56. The highest BCUT2D eigenvalue weighted by Gasteiger charge is 2.28. The predicted octanol–water partition coefficient (Wildman–Crippen LogP) is 0.708. The van der Waals surface area contributed by atoms with E-state index in [1.807, 2.05) is 6.92 Å². The van der Waals surface area contributed by atoms with Crippen LogP contribution in [0.15, 0.2) is 0 Å². The summed E-state index contributed by atoms with van der Waals surface area (Å²) in [6.07, 6.45) is 0.0354. The quantitative estimate of drug-likeness (QED) is 0.485. The maximum atomic E-state index is 10.8. The van der Waals surface area contributed by atoms with Crippen LogP contribution in [-0.4, -0.2) is 16.1 Å². The van der Waals surface area contributed by atoms with E-state index in [1.54, 1.807) is 6.92 Å². The molecular formula is C7H10O2S. The van der Waals surface area contributed by atoms with Gasteiger partial charge in [-0.25, -0.2) is 4.21 Å². The van der Waals surface area contributed by atoms with E-state index in [4.69, 9.17) is 4.18 Å². The van der Waals surface area contributed by atoms with Crippen molar-refractivity contribution in [2.75, 3.05) is 5.75 Å². The second kappa shape index (κ2) is 3.18. The lowest BCUT2D eigenvalue weighted by molar-refractivity contribution is 0.245. The van der Waals surface area contributed by atoms with Gasteiger partial charge in [-0.1, -0.05) is 5.92 Å². The second-order valence-corrected chi connectivity index (χ2v) is 3.41. The Morgan fingerprint density at radius 2 is 2.40 bits per heavy atom. The number of hydrogen-bond acceptors (Lipinski definition) is 2. The van der Waals surface area contributed by atoms with E-state index in [0.29, 0.717) is 5.75 Å². The first-order chi connectivity index (χ1) is 4.74. The summed E-state index contributed by atoms with van der Waals surface area (Å²) < 4.78 is 15.8. The highest BCUT2D eigenvalue weighted by atomic mass is 32.2. The summed E-state index contributed by atoms with van der Waals surface area (Å²) in [6, 6.07) is 0. The minimum atomic E-state index is -1.09. The summed E-state index contributed by atoms with van der Waals surface area (Å²) in [4.78, 5) is 0. The van der Waals surface area contributed by atoms with Crippen LogP contribution < -0.4 is 0 Å². The summed E-state index contributed by atoms with van der Waals surface area (Å²) in [5.74, 6) is 6.50. The van der Waals surface area contributed by atoms with Gasteiger partial charge in [0.2, 0.25) is 0 Å². The smallest absolute Gasteiger partial charge is 0.157 e. The molecule has 1 heterocycles. The number of rotatable bonds is 0. The van der Waals surface area contributed by atoms with Crippen LogP contribution in [-0.2, 0) is 15.3 Å². The van der Waals surface area contributed by atoms with E-state index in [1.165, 1.54) is 0 Å². The lowest BCUT2D eigenvalue weighted by Crippen LogP contribution is -2.10. The molecule has 1 saturated heterocycles. The first-order valence-electron chi connectivity index (χ1n) is 3.22. The lowest BCUT2D eigenvalue weighted by atomic mass is 10.1. The molecule has 0 bridgehead atoms. The SMILES string of the molecule is CC#CC1CS(=O)OC1C. The fraction of sp³-hybridized carbons (Fsp3) is 0.714. The summed E-state index contributed by atoms with van der Waals surface area (Å²) in [5, 5.41) is 0. The van der Waals surface area contributed by atoms with Gasteiger partial charge in [-0.3, -0.25) is 4.18 Å². The molecule has 10 heavy (non-hydrogen) atoms. The molecule has 56 valence electrons. The second-order valence-electron chi connectivity index (χ2n) is 2.27. The fourth-order valence-corrected chi connectivity index (χ4v) is 2.10. The van der Waals surface area contributed by atoms with Crippen molar-refractivity contribution >= 4 is 11.1 Å². The van der Waals surface area contributed by atoms with Gasteiger partial charge < -0.3 is 0 Å². The van der Waals surface area contributed by atoms with Crippen LogP contribution in [0.3, 0.4) is 0 Å². The van der Waals surface area contributed by atoms with E-state index < -0.39 is 11.1 Å². The molecule has 0 amide bonds. The van der Waals surface area contributed by atoms with Crippen molar-refractivity contribution in [3.8, 4) is 11.8 Å². The normalized spacial score (nSPS) is 38.8. The van der Waals surface area contributed by atoms with Crippen molar-refractivity contribution < 1.29 is 8.39 Å². The van der Waals surface area contributed by atoms with Gasteiger partial charge in [0, 0.05) is 0 Å². The van der Waals surface area contributed by atoms with Gasteiger partial charge in [0.1, 0.15) is 0 Å². The van der Waals surface area contributed by atoms with E-state index in [9.17, 15) is 4.21 Å². The third kappa shape index (κ3) is 1.59. The maximum absolute atomic E-state index is 10.8. The van der Waals surface area contributed by atoms with E-state index in [0.717, 1.165) is 0 Å². The fourth-order valence-electron chi connectivity index (χ4n) is 0.902.